The molecule has 0 fully saturated rings. The zero-order valence-corrected chi connectivity index (χ0v) is 9.99. The molecule has 0 radical (unpaired) electrons. The number of carbonyl (C=O) groups is 1. The Hall–Kier alpha value is -1.50. The molecule has 92 valence electrons. The largest absolute Gasteiger partial charge is 0.392 e. The van der Waals surface area contributed by atoms with E-state index in [9.17, 15) is 13.2 Å². The molecule has 0 heterocycles. The Morgan fingerprint density at radius 2 is 2.00 bits per heavy atom. The lowest BCUT2D eigenvalue weighted by molar-refractivity contribution is 0.103. The summed E-state index contributed by atoms with van der Waals surface area (Å²) in [5, 5.41) is 8.94. The van der Waals surface area contributed by atoms with Crippen LogP contribution in [0.25, 0.3) is 0 Å². The van der Waals surface area contributed by atoms with Crippen molar-refractivity contribution in [2.45, 2.75) is 18.4 Å². The summed E-state index contributed by atoms with van der Waals surface area (Å²) in [6.45, 7) is 4.41. The molecule has 0 atom stereocenters. The smallest absolute Gasteiger partial charge is 0.294 e. The van der Waals surface area contributed by atoms with Gasteiger partial charge in [0, 0.05) is 5.56 Å². The van der Waals surface area contributed by atoms with Crippen LogP contribution in [0, 0.1) is 0 Å². The first kappa shape index (κ1) is 13.6. The quantitative estimate of drug-likeness (QED) is 0.479. The molecule has 0 unspecified atom stereocenters. The molecule has 1 aromatic rings. The second kappa shape index (κ2) is 4.79. The van der Waals surface area contributed by atoms with Crippen LogP contribution in [-0.2, 0) is 16.7 Å². The Bertz CT molecular complexity index is 572. The number of aliphatic hydroxyl groups is 1. The number of allylic oxidation sites excluding steroid dienone is 1. The monoisotopic (exact) mass is 256 g/mol. The molecular weight excluding hydrogens is 244 g/mol. The Balaban J connectivity index is 3.43. The summed E-state index contributed by atoms with van der Waals surface area (Å²) in [7, 11) is -4.47. The molecule has 0 aliphatic carbocycles. The van der Waals surface area contributed by atoms with Gasteiger partial charge in [-0.15, -0.1) is 0 Å². The maximum Gasteiger partial charge on any atom is 0.294 e. The maximum atomic E-state index is 11.6. The minimum Gasteiger partial charge on any atom is -0.392 e. The highest BCUT2D eigenvalue weighted by atomic mass is 32.2. The summed E-state index contributed by atoms with van der Waals surface area (Å²) in [6.07, 6.45) is 0. The topological polar surface area (TPSA) is 91.7 Å². The van der Waals surface area contributed by atoms with Crippen molar-refractivity contribution in [3.63, 3.8) is 0 Å². The minimum absolute atomic E-state index is 0.0331. The summed E-state index contributed by atoms with van der Waals surface area (Å²) < 4.78 is 31.1. The molecule has 0 spiro atoms. The van der Waals surface area contributed by atoms with Gasteiger partial charge >= 0.3 is 0 Å². The van der Waals surface area contributed by atoms with Crippen molar-refractivity contribution in [2.24, 2.45) is 0 Å². The molecule has 6 heteroatoms. The van der Waals surface area contributed by atoms with Crippen molar-refractivity contribution >= 4 is 15.9 Å². The lowest BCUT2D eigenvalue weighted by Crippen LogP contribution is -2.07. The molecule has 1 aromatic carbocycles. The molecule has 5 nitrogen and oxygen atoms in total. The fourth-order valence-corrected chi connectivity index (χ4v) is 2.05. The van der Waals surface area contributed by atoms with E-state index in [1.54, 1.807) is 0 Å². The number of benzene rings is 1. The standard InChI is InChI=1S/C11H12O5S/c1-7(2)11(13)8-3-4-9(6-12)10(5-8)17(14,15)16/h3-5,12H,1,6H2,2H3,(H,14,15,16). The number of ketones is 1. The van der Waals surface area contributed by atoms with Gasteiger partial charge in [-0.2, -0.15) is 8.42 Å². The predicted molar refractivity (Wildman–Crippen MR) is 61.3 cm³/mol. The zero-order chi connectivity index (χ0) is 13.2. The van der Waals surface area contributed by atoms with Crippen LogP contribution in [0.15, 0.2) is 35.2 Å². The van der Waals surface area contributed by atoms with Crippen molar-refractivity contribution in [2.75, 3.05) is 0 Å². The van der Waals surface area contributed by atoms with Crippen LogP contribution in [0.2, 0.25) is 0 Å². The first-order chi connectivity index (χ1) is 7.77. The fraction of sp³-hybridized carbons (Fsp3) is 0.182. The Kier molecular flexibility index (Phi) is 3.82. The average Bonchev–Trinajstić information content (AvgIpc) is 2.25. The van der Waals surface area contributed by atoms with E-state index in [1.807, 2.05) is 0 Å². The lowest BCUT2D eigenvalue weighted by Gasteiger charge is -2.07. The van der Waals surface area contributed by atoms with Crippen LogP contribution in [0.3, 0.4) is 0 Å². The van der Waals surface area contributed by atoms with Gasteiger partial charge < -0.3 is 5.11 Å². The number of hydrogen-bond donors (Lipinski definition) is 2. The third kappa shape index (κ3) is 3.00. The minimum atomic E-state index is -4.47. The number of aliphatic hydroxyl groups excluding tert-OH is 1. The van der Waals surface area contributed by atoms with E-state index in [0.717, 1.165) is 6.07 Å². The molecule has 17 heavy (non-hydrogen) atoms. The van der Waals surface area contributed by atoms with E-state index in [4.69, 9.17) is 9.66 Å². The average molecular weight is 256 g/mol. The third-order valence-electron chi connectivity index (χ3n) is 2.17. The van der Waals surface area contributed by atoms with Gasteiger partial charge in [0.05, 0.1) is 6.61 Å². The summed E-state index contributed by atoms with van der Waals surface area (Å²) in [5.74, 6) is -0.417. The SMILES string of the molecule is C=C(C)C(=O)c1ccc(CO)c(S(=O)(=O)O)c1. The molecule has 0 amide bonds. The van der Waals surface area contributed by atoms with Crippen LogP contribution < -0.4 is 0 Å². The van der Waals surface area contributed by atoms with Crippen LogP contribution >= 0.6 is 0 Å². The Labute approximate surface area is 99.2 Å². The predicted octanol–water partition coefficient (Wildman–Crippen LogP) is 1.18. The van der Waals surface area contributed by atoms with Gasteiger partial charge in [0.2, 0.25) is 0 Å². The van der Waals surface area contributed by atoms with Gasteiger partial charge in [-0.05, 0) is 24.1 Å². The molecule has 2 N–H and O–H groups in total. The molecule has 1 rings (SSSR count). The van der Waals surface area contributed by atoms with Crippen LogP contribution in [0.4, 0.5) is 0 Å². The molecular formula is C11H12O5S. The summed E-state index contributed by atoms with van der Waals surface area (Å²) in [4.78, 5) is 11.1. The Morgan fingerprint density at radius 1 is 1.41 bits per heavy atom. The van der Waals surface area contributed by atoms with Crippen molar-refractivity contribution in [3.05, 3.63) is 41.5 Å². The van der Waals surface area contributed by atoms with Crippen LogP contribution in [-0.4, -0.2) is 23.9 Å². The van der Waals surface area contributed by atoms with Gasteiger partial charge in [0.25, 0.3) is 10.1 Å². The molecule has 0 aromatic heterocycles. The first-order valence-electron chi connectivity index (χ1n) is 4.69. The van der Waals surface area contributed by atoms with Gasteiger partial charge in [0.1, 0.15) is 4.90 Å². The molecule has 0 bridgehead atoms. The first-order valence-corrected chi connectivity index (χ1v) is 6.13. The second-order valence-corrected chi connectivity index (χ2v) is 4.96. The number of hydrogen-bond acceptors (Lipinski definition) is 4. The van der Waals surface area contributed by atoms with E-state index in [-0.39, 0.29) is 16.7 Å². The highest BCUT2D eigenvalue weighted by Crippen LogP contribution is 2.19. The van der Waals surface area contributed by atoms with Gasteiger partial charge in [0.15, 0.2) is 5.78 Å². The highest BCUT2D eigenvalue weighted by molar-refractivity contribution is 7.85. The van der Waals surface area contributed by atoms with Crippen LogP contribution in [0.5, 0.6) is 0 Å². The van der Waals surface area contributed by atoms with E-state index in [2.05, 4.69) is 6.58 Å². The highest BCUT2D eigenvalue weighted by Gasteiger charge is 2.18. The fourth-order valence-electron chi connectivity index (χ4n) is 1.31. The van der Waals surface area contributed by atoms with Gasteiger partial charge in [-0.25, -0.2) is 0 Å². The molecule has 0 saturated carbocycles. The Morgan fingerprint density at radius 3 is 2.41 bits per heavy atom. The van der Waals surface area contributed by atoms with Crippen molar-refractivity contribution < 1.29 is 22.9 Å². The van der Waals surface area contributed by atoms with E-state index < -0.39 is 27.4 Å². The number of rotatable bonds is 4. The third-order valence-corrected chi connectivity index (χ3v) is 3.10. The zero-order valence-electron chi connectivity index (χ0n) is 9.17. The molecule has 0 aliphatic heterocycles. The van der Waals surface area contributed by atoms with Crippen LogP contribution in [0.1, 0.15) is 22.8 Å². The lowest BCUT2D eigenvalue weighted by atomic mass is 10.0. The van der Waals surface area contributed by atoms with E-state index in [0.29, 0.717) is 0 Å². The molecule has 0 aliphatic rings. The maximum absolute atomic E-state index is 11.6. The van der Waals surface area contributed by atoms with Crippen molar-refractivity contribution in [1.29, 1.82) is 0 Å². The normalized spacial score (nSPS) is 11.2. The van der Waals surface area contributed by atoms with Crippen molar-refractivity contribution in [1.82, 2.24) is 0 Å². The second-order valence-electron chi connectivity index (χ2n) is 3.57. The number of carbonyl (C=O) groups excluding carboxylic acids is 1. The van der Waals surface area contributed by atoms with Gasteiger partial charge in [-0.1, -0.05) is 18.7 Å². The van der Waals surface area contributed by atoms with E-state index >= 15 is 0 Å². The summed E-state index contributed by atoms with van der Waals surface area (Å²) in [5.41, 5.74) is 0.385. The summed E-state index contributed by atoms with van der Waals surface area (Å²) in [6, 6.07) is 3.68. The summed E-state index contributed by atoms with van der Waals surface area (Å²) >= 11 is 0. The van der Waals surface area contributed by atoms with Crippen molar-refractivity contribution in [3.8, 4) is 0 Å². The van der Waals surface area contributed by atoms with Gasteiger partial charge in [-0.3, -0.25) is 9.35 Å². The molecule has 0 saturated heterocycles. The number of Topliss-reactive ketones (excluding diaryl/α,β-unsaturated/α-hetero) is 1. The van der Waals surface area contributed by atoms with E-state index in [1.165, 1.54) is 19.1 Å².